The highest BCUT2D eigenvalue weighted by Gasteiger charge is 2.56. The van der Waals surface area contributed by atoms with Crippen LogP contribution in [0.25, 0.3) is 11.1 Å². The van der Waals surface area contributed by atoms with E-state index in [2.05, 4.69) is 143 Å². The second-order valence-corrected chi connectivity index (χ2v) is 13.2. The van der Waals surface area contributed by atoms with Crippen molar-refractivity contribution in [3.63, 3.8) is 0 Å². The highest BCUT2D eigenvalue weighted by atomic mass is 79.9. The van der Waals surface area contributed by atoms with E-state index in [0.717, 1.165) is 10.2 Å². The third-order valence-corrected chi connectivity index (χ3v) is 12.2. The first-order valence-corrected chi connectivity index (χ1v) is 14.4. The number of methoxy groups -OCH3 is 1. The first kappa shape index (κ1) is 25.0. The lowest BCUT2D eigenvalue weighted by molar-refractivity contribution is -0.00000684. The predicted octanol–water partition coefficient (Wildman–Crippen LogP) is 4.53. The Hall–Kier alpha value is -2.71. The minimum atomic E-state index is -2.19. The Balaban J connectivity index is 0.00000267. The Morgan fingerprint density at radius 3 is 1.50 bits per heavy atom. The summed E-state index contributed by atoms with van der Waals surface area (Å²) in [5, 5.41) is 4.14. The fourth-order valence-electron chi connectivity index (χ4n) is 5.61. The predicted molar refractivity (Wildman–Crippen MR) is 153 cm³/mol. The summed E-state index contributed by atoms with van der Waals surface area (Å²) in [7, 11) is -0.439. The molecule has 178 valence electrons. The molecular weight excluding hydrogens is 591 g/mol. The van der Waals surface area contributed by atoms with Crippen molar-refractivity contribution in [2.24, 2.45) is 0 Å². The molecule has 1 unspecified atom stereocenters. The molecular formula is C32H25Br2OP. The van der Waals surface area contributed by atoms with Crippen LogP contribution < -0.4 is 37.6 Å². The fraction of sp³-hybridized carbons (Fsp3) is 0.0625. The standard InChI is InChI=1S/C32H25BrOP.BrH/c1-34-24-18-20-29-28-19-17-23(33)21-30(28)32(31(29)22-24)35(25-11-5-2-6-12-25,26-13-7-3-8-14-26)27-15-9-4-10-16-27;/h2-22,32H,1H3;1H/q+1;/p-1. The highest BCUT2D eigenvalue weighted by Crippen LogP contribution is 2.73. The van der Waals surface area contributed by atoms with E-state index in [-0.39, 0.29) is 22.6 Å². The molecule has 0 saturated carbocycles. The lowest BCUT2D eigenvalue weighted by Gasteiger charge is -2.34. The average molecular weight is 616 g/mol. The summed E-state index contributed by atoms with van der Waals surface area (Å²) in [5.74, 6) is 0.896. The second-order valence-electron chi connectivity index (χ2n) is 8.82. The number of ether oxygens (including phenoxy) is 1. The fourth-order valence-corrected chi connectivity index (χ4v) is 11.0. The third kappa shape index (κ3) is 3.95. The van der Waals surface area contributed by atoms with Gasteiger partial charge in [0.1, 0.15) is 34.6 Å². The molecule has 0 heterocycles. The Morgan fingerprint density at radius 2 is 1.03 bits per heavy atom. The monoisotopic (exact) mass is 614 g/mol. The van der Waals surface area contributed by atoms with E-state index in [1.54, 1.807) is 7.11 Å². The number of halogens is 2. The van der Waals surface area contributed by atoms with E-state index >= 15 is 0 Å². The van der Waals surface area contributed by atoms with Crippen LogP contribution in [-0.4, -0.2) is 7.11 Å². The Bertz CT molecular complexity index is 1390. The lowest BCUT2D eigenvalue weighted by atomic mass is 10.1. The summed E-state index contributed by atoms with van der Waals surface area (Å²) in [6.45, 7) is 0. The van der Waals surface area contributed by atoms with Gasteiger partial charge in [0.2, 0.25) is 0 Å². The largest absolute Gasteiger partial charge is 1.00 e. The maximum Gasteiger partial charge on any atom is 0.135 e. The molecule has 4 heteroatoms. The molecule has 0 aliphatic heterocycles. The first-order chi connectivity index (χ1) is 17.2. The van der Waals surface area contributed by atoms with E-state index in [1.807, 2.05) is 0 Å². The topological polar surface area (TPSA) is 9.23 Å². The summed E-state index contributed by atoms with van der Waals surface area (Å²) in [6, 6.07) is 46.7. The minimum Gasteiger partial charge on any atom is -1.00 e. The summed E-state index contributed by atoms with van der Waals surface area (Å²) >= 11 is 3.79. The van der Waals surface area contributed by atoms with Gasteiger partial charge in [0.05, 0.1) is 7.11 Å². The summed E-state index contributed by atoms with van der Waals surface area (Å²) < 4.78 is 6.85. The number of rotatable bonds is 5. The zero-order valence-corrected chi connectivity index (χ0v) is 23.9. The van der Waals surface area contributed by atoms with Gasteiger partial charge in [-0.1, -0.05) is 82.7 Å². The van der Waals surface area contributed by atoms with E-state index in [0.29, 0.717) is 0 Å². The van der Waals surface area contributed by atoms with Crippen molar-refractivity contribution < 1.29 is 21.7 Å². The second kappa shape index (κ2) is 10.3. The van der Waals surface area contributed by atoms with Crippen molar-refractivity contribution in [2.75, 3.05) is 7.11 Å². The Labute approximate surface area is 232 Å². The summed E-state index contributed by atoms with van der Waals surface area (Å²) in [4.78, 5) is 0. The van der Waals surface area contributed by atoms with Gasteiger partial charge in [-0.15, -0.1) is 0 Å². The van der Waals surface area contributed by atoms with E-state index in [9.17, 15) is 0 Å². The molecule has 5 aromatic carbocycles. The SMILES string of the molecule is COc1ccc2c(c1)C([P+](c1ccccc1)(c1ccccc1)c1ccccc1)c1cc(Br)ccc1-2.[Br-]. The van der Waals surface area contributed by atoms with Crippen molar-refractivity contribution in [3.8, 4) is 16.9 Å². The van der Waals surface area contributed by atoms with Crippen LogP contribution in [0.15, 0.2) is 132 Å². The molecule has 0 radical (unpaired) electrons. The molecule has 0 saturated heterocycles. The normalized spacial score (nSPS) is 13.9. The van der Waals surface area contributed by atoms with E-state index in [1.165, 1.54) is 38.2 Å². The van der Waals surface area contributed by atoms with Gasteiger partial charge < -0.3 is 21.7 Å². The molecule has 36 heavy (non-hydrogen) atoms. The van der Waals surface area contributed by atoms with Gasteiger partial charge in [-0.05, 0) is 71.8 Å². The minimum absolute atomic E-state index is 0. The van der Waals surface area contributed by atoms with Gasteiger partial charge in [-0.3, -0.25) is 0 Å². The van der Waals surface area contributed by atoms with Crippen LogP contribution in [-0.2, 0) is 0 Å². The zero-order chi connectivity index (χ0) is 23.8. The van der Waals surface area contributed by atoms with Crippen LogP contribution in [0.5, 0.6) is 5.75 Å². The first-order valence-electron chi connectivity index (χ1n) is 11.8. The molecule has 1 aliphatic rings. The van der Waals surface area contributed by atoms with Crippen molar-refractivity contribution in [3.05, 3.63) is 143 Å². The van der Waals surface area contributed by atoms with Crippen LogP contribution in [0.1, 0.15) is 16.8 Å². The lowest BCUT2D eigenvalue weighted by Crippen LogP contribution is -3.00. The maximum absolute atomic E-state index is 5.74. The van der Waals surface area contributed by atoms with Crippen LogP contribution in [0.4, 0.5) is 0 Å². The van der Waals surface area contributed by atoms with Crippen LogP contribution in [0.3, 0.4) is 0 Å². The van der Waals surface area contributed by atoms with Gasteiger partial charge in [0, 0.05) is 15.6 Å². The van der Waals surface area contributed by atoms with Crippen LogP contribution >= 0.6 is 23.2 Å². The van der Waals surface area contributed by atoms with Crippen molar-refractivity contribution in [1.29, 1.82) is 0 Å². The molecule has 0 N–H and O–H groups in total. The van der Waals surface area contributed by atoms with Crippen molar-refractivity contribution in [2.45, 2.75) is 5.66 Å². The van der Waals surface area contributed by atoms with Gasteiger partial charge in [0.15, 0.2) is 0 Å². The molecule has 1 nitrogen and oxygen atoms in total. The quantitative estimate of drug-likeness (QED) is 0.264. The Kier molecular flexibility index (Phi) is 7.17. The van der Waals surface area contributed by atoms with Crippen molar-refractivity contribution in [1.82, 2.24) is 0 Å². The average Bonchev–Trinajstić information content (AvgIpc) is 3.24. The maximum atomic E-state index is 5.74. The van der Waals surface area contributed by atoms with Crippen molar-refractivity contribution >= 4 is 39.1 Å². The molecule has 0 bridgehead atoms. The van der Waals surface area contributed by atoms with Crippen LogP contribution in [0, 0.1) is 0 Å². The molecule has 0 fully saturated rings. The zero-order valence-electron chi connectivity index (χ0n) is 19.8. The van der Waals surface area contributed by atoms with Gasteiger partial charge in [-0.25, -0.2) is 0 Å². The molecule has 0 amide bonds. The molecule has 0 spiro atoms. The number of benzene rings is 5. The number of fused-ring (bicyclic) bond motifs is 3. The van der Waals surface area contributed by atoms with E-state index < -0.39 is 7.26 Å². The summed E-state index contributed by atoms with van der Waals surface area (Å²) in [5.41, 5.74) is 5.47. The molecule has 1 aliphatic carbocycles. The number of hydrogen-bond acceptors (Lipinski definition) is 1. The van der Waals surface area contributed by atoms with Gasteiger partial charge in [-0.2, -0.15) is 0 Å². The third-order valence-electron chi connectivity index (χ3n) is 7.03. The molecule has 0 aromatic heterocycles. The van der Waals surface area contributed by atoms with Gasteiger partial charge in [0.25, 0.3) is 0 Å². The smallest absolute Gasteiger partial charge is 0.135 e. The summed E-state index contributed by atoms with van der Waals surface area (Å²) in [6.07, 6.45) is 0. The molecule has 6 rings (SSSR count). The Morgan fingerprint density at radius 1 is 0.583 bits per heavy atom. The molecule has 5 aromatic rings. The number of hydrogen-bond donors (Lipinski definition) is 0. The molecule has 1 atom stereocenters. The van der Waals surface area contributed by atoms with Gasteiger partial charge >= 0.3 is 0 Å². The highest BCUT2D eigenvalue weighted by molar-refractivity contribution is 9.10. The van der Waals surface area contributed by atoms with E-state index in [4.69, 9.17) is 4.74 Å². The van der Waals surface area contributed by atoms with Crippen LogP contribution in [0.2, 0.25) is 0 Å².